The molecule has 3 fully saturated rings. The molecule has 2 aromatic carbocycles. The molecule has 1 N–H and O–H groups in total. The molecule has 4 aliphatic rings. The molecule has 170 valence electrons. The summed E-state index contributed by atoms with van der Waals surface area (Å²) in [6.07, 6.45) is 2.93. The molecule has 0 aromatic heterocycles. The van der Waals surface area contributed by atoms with Gasteiger partial charge in [-0.1, -0.05) is 24.3 Å². The van der Waals surface area contributed by atoms with Crippen LogP contribution in [0.3, 0.4) is 0 Å². The summed E-state index contributed by atoms with van der Waals surface area (Å²) in [7, 11) is -3.04. The number of Topliss-reactive ketones (excluding diaryl/α,β-unsaturated/α-hetero) is 1. The van der Waals surface area contributed by atoms with Crippen LogP contribution in [0.25, 0.3) is 0 Å². The number of ketones is 1. The van der Waals surface area contributed by atoms with Gasteiger partial charge in [0.1, 0.15) is 11.7 Å². The summed E-state index contributed by atoms with van der Waals surface area (Å²) in [4.78, 5) is 29.8. The lowest BCUT2D eigenvalue weighted by molar-refractivity contribution is -0.153. The van der Waals surface area contributed by atoms with E-state index in [0.29, 0.717) is 23.0 Å². The number of para-hydroxylation sites is 1. The van der Waals surface area contributed by atoms with Gasteiger partial charge in [0.15, 0.2) is 11.7 Å². The molecular formula is C25H24FN3O3S. The minimum absolute atomic E-state index is 0.119. The highest BCUT2D eigenvalue weighted by Crippen LogP contribution is 2.54. The average molecular weight is 466 g/mol. The van der Waals surface area contributed by atoms with Crippen molar-refractivity contribution in [3.63, 3.8) is 0 Å². The van der Waals surface area contributed by atoms with Crippen LogP contribution in [0, 0.1) is 29.5 Å². The van der Waals surface area contributed by atoms with Gasteiger partial charge in [0.05, 0.1) is 20.3 Å². The summed E-state index contributed by atoms with van der Waals surface area (Å²) in [6.45, 7) is 0.302. The molecule has 2 unspecified atom stereocenters. The Balaban J connectivity index is 1.41. The summed E-state index contributed by atoms with van der Waals surface area (Å²) in [6, 6.07) is 13.0. The van der Waals surface area contributed by atoms with Gasteiger partial charge in [0, 0.05) is 18.5 Å². The highest BCUT2D eigenvalue weighted by molar-refractivity contribution is 7.99. The van der Waals surface area contributed by atoms with E-state index in [0.717, 1.165) is 24.8 Å². The molecule has 2 saturated carbocycles. The Morgan fingerprint density at radius 2 is 1.82 bits per heavy atom. The van der Waals surface area contributed by atoms with Crippen LogP contribution in [-0.2, 0) is 25.8 Å². The predicted molar refractivity (Wildman–Crippen MR) is 125 cm³/mol. The van der Waals surface area contributed by atoms with Crippen LogP contribution >= 0.6 is 0 Å². The smallest absolute Gasteiger partial charge is 0.241 e. The first-order valence-electron chi connectivity index (χ1n) is 11.3. The normalized spacial score (nSPS) is 34.5. The fourth-order valence-electron chi connectivity index (χ4n) is 6.30. The third-order valence-electron chi connectivity index (χ3n) is 7.65. The van der Waals surface area contributed by atoms with E-state index in [1.165, 1.54) is 12.1 Å². The zero-order chi connectivity index (χ0) is 22.9. The van der Waals surface area contributed by atoms with E-state index >= 15 is 0 Å². The number of rotatable bonds is 3. The zero-order valence-electron chi connectivity index (χ0n) is 17.9. The van der Waals surface area contributed by atoms with E-state index in [1.54, 1.807) is 41.3 Å². The topological polar surface area (TPSA) is 78.8 Å². The number of benzene rings is 2. The minimum atomic E-state index is -3.04. The van der Waals surface area contributed by atoms with E-state index < -0.39 is 15.6 Å². The summed E-state index contributed by atoms with van der Waals surface area (Å²) >= 11 is 0. The predicted octanol–water partition coefficient (Wildman–Crippen LogP) is 3.28. The van der Waals surface area contributed by atoms with Gasteiger partial charge < -0.3 is 10.2 Å². The fourth-order valence-corrected chi connectivity index (χ4v) is 7.62. The molecular weight excluding hydrogens is 441 g/mol. The lowest BCUT2D eigenvalue weighted by atomic mass is 9.73. The maximum absolute atomic E-state index is 13.8. The van der Waals surface area contributed by atoms with Crippen molar-refractivity contribution in [3.8, 4) is 0 Å². The largest absolute Gasteiger partial charge is 0.341 e. The number of likely N-dealkylation sites (tertiary alicyclic amines) is 1. The molecule has 1 amide bonds. The SMILES string of the molecule is C=S1(=O)N=C(C2C(=O)[C@@H]3[C@H]4CC[C@H](C4)[C@@H]3N(Cc3ccc(F)cc3)C2=O)Nc2ccccc21. The first kappa shape index (κ1) is 20.6. The molecule has 8 heteroatoms. The molecule has 0 spiro atoms. The quantitative estimate of drug-likeness (QED) is 0.557. The molecule has 2 aliphatic heterocycles. The molecule has 0 radical (unpaired) electrons. The minimum Gasteiger partial charge on any atom is -0.341 e. The van der Waals surface area contributed by atoms with Crippen molar-refractivity contribution in [1.29, 1.82) is 0 Å². The molecule has 1 saturated heterocycles. The molecule has 2 bridgehead atoms. The summed E-state index contributed by atoms with van der Waals surface area (Å²) < 4.78 is 31.0. The number of fused-ring (bicyclic) bond motifs is 6. The lowest BCUT2D eigenvalue weighted by Crippen LogP contribution is -2.61. The summed E-state index contributed by atoms with van der Waals surface area (Å²) in [5.74, 6) is 2.27. The average Bonchev–Trinajstić information content (AvgIpc) is 3.40. The van der Waals surface area contributed by atoms with Gasteiger partial charge >= 0.3 is 0 Å². The molecule has 2 heterocycles. The first-order chi connectivity index (χ1) is 15.8. The highest BCUT2D eigenvalue weighted by Gasteiger charge is 2.60. The first-order valence-corrected chi connectivity index (χ1v) is 12.9. The van der Waals surface area contributed by atoms with Crippen molar-refractivity contribution in [3.05, 3.63) is 59.9 Å². The van der Waals surface area contributed by atoms with Crippen LogP contribution in [0.4, 0.5) is 10.1 Å². The molecule has 6 rings (SSSR count). The molecule has 6 nitrogen and oxygen atoms in total. The third kappa shape index (κ3) is 3.14. The number of amides is 1. The van der Waals surface area contributed by atoms with Crippen molar-refractivity contribution >= 4 is 38.8 Å². The molecule has 33 heavy (non-hydrogen) atoms. The fraction of sp³-hybridized carbons (Fsp3) is 0.360. The van der Waals surface area contributed by atoms with Gasteiger partial charge in [-0.15, -0.1) is 0 Å². The Labute approximate surface area is 192 Å². The Morgan fingerprint density at radius 1 is 1.09 bits per heavy atom. The maximum Gasteiger partial charge on any atom is 0.241 e. The van der Waals surface area contributed by atoms with E-state index in [9.17, 15) is 18.2 Å². The highest BCUT2D eigenvalue weighted by atomic mass is 32.2. The van der Waals surface area contributed by atoms with Gasteiger partial charge in [0.25, 0.3) is 0 Å². The van der Waals surface area contributed by atoms with Crippen LogP contribution in [-0.4, -0.2) is 38.5 Å². The number of piperidine rings is 1. The van der Waals surface area contributed by atoms with Crippen molar-refractivity contribution in [2.45, 2.75) is 36.7 Å². The number of carbonyl (C=O) groups is 2. The lowest BCUT2D eigenvalue weighted by Gasteiger charge is -2.46. The van der Waals surface area contributed by atoms with Crippen molar-refractivity contribution in [1.82, 2.24) is 4.90 Å². The summed E-state index contributed by atoms with van der Waals surface area (Å²) in [5, 5.41) is 3.11. The van der Waals surface area contributed by atoms with Crippen LogP contribution in [0.2, 0.25) is 0 Å². The zero-order valence-corrected chi connectivity index (χ0v) is 18.8. The molecule has 6 atom stereocenters. The second-order valence-corrected chi connectivity index (χ2v) is 11.4. The van der Waals surface area contributed by atoms with Crippen LogP contribution in [0.5, 0.6) is 0 Å². The van der Waals surface area contributed by atoms with Gasteiger partial charge in [-0.25, -0.2) is 8.60 Å². The van der Waals surface area contributed by atoms with Crippen molar-refractivity contribution in [2.75, 3.05) is 5.32 Å². The van der Waals surface area contributed by atoms with E-state index in [4.69, 9.17) is 0 Å². The van der Waals surface area contributed by atoms with E-state index in [2.05, 4.69) is 15.6 Å². The number of nitrogens with zero attached hydrogens (tertiary/aromatic N) is 2. The van der Waals surface area contributed by atoms with Crippen LogP contribution in [0.15, 0.2) is 57.8 Å². The van der Waals surface area contributed by atoms with E-state index in [1.807, 2.05) is 0 Å². The van der Waals surface area contributed by atoms with Crippen LogP contribution < -0.4 is 5.32 Å². The number of halogens is 1. The van der Waals surface area contributed by atoms with Gasteiger partial charge in [-0.05, 0) is 66.8 Å². The molecule has 2 aliphatic carbocycles. The van der Waals surface area contributed by atoms with Crippen molar-refractivity contribution in [2.24, 2.45) is 28.1 Å². The van der Waals surface area contributed by atoms with Crippen molar-refractivity contribution < 1.29 is 18.2 Å². The van der Waals surface area contributed by atoms with Gasteiger partial charge in [0.2, 0.25) is 5.91 Å². The number of hydrogen-bond donors (Lipinski definition) is 1. The molecule has 2 aromatic rings. The Bertz CT molecular complexity index is 1300. The Kier molecular flexibility index (Phi) is 4.52. The standard InChI is InChI=1S/C25H24FN3O3S/c1-33(32)19-5-3-2-4-18(19)27-24(28-33)21-23(30)20-15-8-9-16(12-15)22(20)29(25(21)31)13-14-6-10-17(26)11-7-14/h2-7,10-11,15-16,20-22H,1,8-9,12-13H2,(H,27,28,32)/t15-,16+,20+,21?,22-,33?/m0/s1. The monoisotopic (exact) mass is 465 g/mol. The number of hydrogen-bond acceptors (Lipinski definition) is 4. The van der Waals surface area contributed by atoms with Crippen LogP contribution in [0.1, 0.15) is 24.8 Å². The van der Waals surface area contributed by atoms with E-state index in [-0.39, 0.29) is 41.2 Å². The second-order valence-electron chi connectivity index (χ2n) is 9.52. The van der Waals surface area contributed by atoms with Gasteiger partial charge in [-0.2, -0.15) is 4.40 Å². The number of nitrogens with one attached hydrogen (secondary N) is 1. The number of anilines is 1. The third-order valence-corrected chi connectivity index (χ3v) is 9.19. The summed E-state index contributed by atoms with van der Waals surface area (Å²) in [5.41, 5.74) is 1.37. The number of amidine groups is 1. The van der Waals surface area contributed by atoms with Gasteiger partial charge in [-0.3, -0.25) is 9.59 Å². The number of carbonyl (C=O) groups excluding carboxylic acids is 2. The Hall–Kier alpha value is -3.00. The Morgan fingerprint density at radius 3 is 2.61 bits per heavy atom. The second kappa shape index (κ2) is 7.25. The maximum atomic E-state index is 13.8.